The quantitative estimate of drug-likeness (QED) is 0.0646. The molecule has 0 aliphatic rings. The molecule has 0 N–H and O–H groups in total. The van der Waals surface area contributed by atoms with Gasteiger partial charge in [-0.25, -0.2) is 0 Å². The largest absolute Gasteiger partial charge is 1.00 e. The molecule has 0 aromatic heterocycles. The average Bonchev–Trinajstić information content (AvgIpc) is 3.25. The average molecular weight is 1150 g/mol. The first-order valence-electron chi connectivity index (χ1n) is 19.0. The predicted molar refractivity (Wildman–Crippen MR) is 249 cm³/mol. The molecule has 0 amide bonds. The Morgan fingerprint density at radius 3 is 0.845 bits per heavy atom. The molecule has 0 bridgehead atoms. The van der Waals surface area contributed by atoms with Crippen molar-refractivity contribution in [2.45, 2.75) is 38.0 Å². The standard InChI is InChI=1S/C30H32P2.2C12H7.2Au/c1-29(2,31(25-17-9-5-10-18-25)26-19-11-6-12-20-26)30(3,4)32(27-21-13-7-14-22-27)28-23-15-8-16-24-28;2*1-2-10-7-5-8-11-6-3-4-9-12(10)11;;/h5-24H,1-4H3;2*3-9H;;/q;2*-1;2*+1/p+2. The van der Waals surface area contributed by atoms with Gasteiger partial charge in [-0.15, -0.1) is 23.3 Å². The third-order valence-corrected chi connectivity index (χ3v) is 18.6. The van der Waals surface area contributed by atoms with Crippen molar-refractivity contribution in [3.63, 3.8) is 0 Å². The van der Waals surface area contributed by atoms with Crippen LogP contribution in [-0.2, 0) is 44.8 Å². The van der Waals surface area contributed by atoms with Gasteiger partial charge in [-0.3, -0.25) is 11.8 Å². The van der Waals surface area contributed by atoms with Crippen LogP contribution in [0.5, 0.6) is 0 Å². The van der Waals surface area contributed by atoms with E-state index in [4.69, 9.17) is 12.8 Å². The van der Waals surface area contributed by atoms with Crippen molar-refractivity contribution < 1.29 is 44.8 Å². The number of hydrogen-bond acceptors (Lipinski definition) is 0. The fourth-order valence-electron chi connectivity index (χ4n) is 7.49. The molecular weight excluding hydrogens is 1100 g/mol. The zero-order valence-corrected chi connectivity index (χ0v) is 39.6. The Morgan fingerprint density at radius 2 is 0.569 bits per heavy atom. The summed E-state index contributed by atoms with van der Waals surface area (Å²) in [4.78, 5) is 0. The number of rotatable bonds is 7. The van der Waals surface area contributed by atoms with Crippen molar-refractivity contribution in [1.29, 1.82) is 0 Å². The molecule has 0 saturated heterocycles. The van der Waals surface area contributed by atoms with E-state index in [-0.39, 0.29) is 55.1 Å². The zero-order chi connectivity index (χ0) is 39.4. The van der Waals surface area contributed by atoms with Crippen LogP contribution < -0.4 is 21.2 Å². The normalized spacial score (nSPS) is 10.8. The third-order valence-electron chi connectivity index (χ3n) is 10.9. The maximum Gasteiger partial charge on any atom is 1.00 e. The van der Waals surface area contributed by atoms with Gasteiger partial charge < -0.3 is 12.8 Å². The van der Waals surface area contributed by atoms with Gasteiger partial charge >= 0.3 is 44.8 Å². The van der Waals surface area contributed by atoms with E-state index in [0.29, 0.717) is 0 Å². The second kappa shape index (κ2) is 22.2. The molecule has 0 saturated carbocycles. The Balaban J connectivity index is 0.000000233. The number of fused-ring (bicyclic) bond motifs is 2. The summed E-state index contributed by atoms with van der Waals surface area (Å²) >= 11 is 0. The molecule has 0 spiro atoms. The summed E-state index contributed by atoms with van der Waals surface area (Å²) in [6, 6.07) is 72.7. The predicted octanol–water partition coefficient (Wildman–Crippen LogP) is 11.8. The fourth-order valence-corrected chi connectivity index (χ4v) is 15.1. The molecule has 0 unspecified atom stereocenters. The van der Waals surface area contributed by atoms with E-state index in [1.54, 1.807) is 0 Å². The van der Waals surface area contributed by atoms with Gasteiger partial charge in [0.25, 0.3) is 0 Å². The van der Waals surface area contributed by atoms with Crippen LogP contribution in [0.2, 0.25) is 0 Å². The van der Waals surface area contributed by atoms with Crippen molar-refractivity contribution in [2.24, 2.45) is 0 Å². The van der Waals surface area contributed by atoms with Crippen molar-refractivity contribution in [3.8, 4) is 11.8 Å². The molecule has 8 aromatic carbocycles. The summed E-state index contributed by atoms with van der Waals surface area (Å²) in [5, 5.41) is 10.7. The molecule has 4 heteroatoms. The Morgan fingerprint density at radius 1 is 0.328 bits per heavy atom. The van der Waals surface area contributed by atoms with Crippen LogP contribution in [0.1, 0.15) is 38.8 Å². The van der Waals surface area contributed by atoms with Crippen LogP contribution >= 0.6 is 15.8 Å². The van der Waals surface area contributed by atoms with E-state index < -0.39 is 15.8 Å². The summed E-state index contributed by atoms with van der Waals surface area (Å²) in [5.41, 5.74) is 1.71. The number of hydrogen-bond donors (Lipinski definition) is 0. The van der Waals surface area contributed by atoms with Crippen LogP contribution in [0.4, 0.5) is 0 Å². The van der Waals surface area contributed by atoms with Crippen LogP contribution in [-0.4, -0.2) is 10.3 Å². The van der Waals surface area contributed by atoms with Crippen molar-refractivity contribution >= 4 is 58.6 Å². The summed E-state index contributed by atoms with van der Waals surface area (Å²) in [6.45, 7) is 10.1. The molecule has 0 aliphatic carbocycles. The second-order valence-electron chi connectivity index (χ2n) is 14.8. The molecule has 0 atom stereocenters. The van der Waals surface area contributed by atoms with Gasteiger partial charge in [0, 0.05) is 0 Å². The van der Waals surface area contributed by atoms with Gasteiger partial charge in [0.05, 0.1) is 37.1 Å². The first-order valence-corrected chi connectivity index (χ1v) is 22.0. The Hall–Kier alpha value is -4.26. The summed E-state index contributed by atoms with van der Waals surface area (Å²) in [6.07, 6.45) is 14.2. The van der Waals surface area contributed by atoms with E-state index >= 15 is 0 Å². The molecule has 8 aromatic rings. The van der Waals surface area contributed by atoms with Gasteiger partial charge in [-0.2, -0.15) is 0 Å². The fraction of sp³-hybridized carbons (Fsp3) is 0.111. The minimum atomic E-state index is -1.07. The van der Waals surface area contributed by atoms with Gasteiger partial charge in [0.2, 0.25) is 0 Å². The molecule has 8 rings (SSSR count). The maximum absolute atomic E-state index is 7.08. The zero-order valence-electron chi connectivity index (χ0n) is 33.2. The van der Waals surface area contributed by atoms with Crippen LogP contribution in [0.25, 0.3) is 21.5 Å². The van der Waals surface area contributed by atoms with E-state index in [2.05, 4.69) is 161 Å². The first kappa shape index (κ1) is 46.4. The Bertz CT molecular complexity index is 2280. The molecule has 0 aliphatic heterocycles. The minimum absolute atomic E-state index is 0. The summed E-state index contributed by atoms with van der Waals surface area (Å²) in [7, 11) is -2.13. The van der Waals surface area contributed by atoms with Crippen LogP contribution in [0.3, 0.4) is 0 Å². The summed E-state index contributed by atoms with van der Waals surface area (Å²) < 4.78 is 0. The van der Waals surface area contributed by atoms with E-state index in [0.717, 1.165) is 32.7 Å². The van der Waals surface area contributed by atoms with Crippen LogP contribution in [0, 0.1) is 24.7 Å². The third kappa shape index (κ3) is 10.9. The van der Waals surface area contributed by atoms with Gasteiger partial charge in [-0.1, -0.05) is 156 Å². The topological polar surface area (TPSA) is 0 Å². The second-order valence-corrected chi connectivity index (χ2v) is 21.1. The Kier molecular flexibility index (Phi) is 17.8. The minimum Gasteiger partial charge on any atom is -0.366 e. The van der Waals surface area contributed by atoms with Gasteiger partial charge in [0.15, 0.2) is 0 Å². The molecule has 0 radical (unpaired) electrons. The Labute approximate surface area is 380 Å². The van der Waals surface area contributed by atoms with Crippen molar-refractivity contribution in [1.82, 2.24) is 0 Å². The van der Waals surface area contributed by atoms with Gasteiger partial charge in [0.1, 0.15) is 10.3 Å². The SMILES string of the molecule is CC(C)([PH+](c1ccccc1)c1ccccc1)C(C)(C)[PH+](c1ccccc1)c1ccccc1.[Au+].[Au+].[C-]#Cc1cccc2ccccc12.[C-]#Cc1cccc2ccccc12. The molecule has 58 heavy (non-hydrogen) atoms. The summed E-state index contributed by atoms with van der Waals surface area (Å²) in [5.74, 6) is 4.84. The molecule has 0 fully saturated rings. The van der Waals surface area contributed by atoms with E-state index in [1.165, 1.54) is 21.2 Å². The van der Waals surface area contributed by atoms with E-state index in [1.807, 2.05) is 84.9 Å². The maximum atomic E-state index is 7.08. The van der Waals surface area contributed by atoms with E-state index in [9.17, 15) is 0 Å². The number of benzene rings is 8. The molecule has 0 heterocycles. The first-order chi connectivity index (χ1) is 27.3. The molecule has 0 nitrogen and oxygen atoms in total. The van der Waals surface area contributed by atoms with Crippen LogP contribution in [0.15, 0.2) is 206 Å². The smallest absolute Gasteiger partial charge is 0.366 e. The van der Waals surface area contributed by atoms with Crippen molar-refractivity contribution in [2.75, 3.05) is 0 Å². The van der Waals surface area contributed by atoms with Gasteiger partial charge in [-0.05, 0) is 87.0 Å². The van der Waals surface area contributed by atoms with Crippen molar-refractivity contribution in [3.05, 3.63) is 230 Å². The molecule has 294 valence electrons. The monoisotopic (exact) mass is 1150 g/mol. The molecular formula is C54H48Au2P2+2.